The molecule has 1 aromatic heterocycles. The molecule has 0 radical (unpaired) electrons. The lowest BCUT2D eigenvalue weighted by Crippen LogP contribution is -1.87. The molecule has 1 aromatic carbocycles. The highest BCUT2D eigenvalue weighted by Gasteiger charge is 2.07. The van der Waals surface area contributed by atoms with Gasteiger partial charge in [0.1, 0.15) is 0 Å². The molecule has 0 atom stereocenters. The monoisotopic (exact) mass is 174 g/mol. The van der Waals surface area contributed by atoms with Gasteiger partial charge >= 0.3 is 0 Å². The number of hydrogen-bond acceptors (Lipinski definition) is 2. The van der Waals surface area contributed by atoms with Crippen LogP contribution in [0.1, 0.15) is 0 Å². The van der Waals surface area contributed by atoms with Gasteiger partial charge in [-0.3, -0.25) is 0 Å². The maximum atomic E-state index is 9.59. The minimum absolute atomic E-state index is 0.200. The third-order valence-electron chi connectivity index (χ3n) is 1.99. The van der Waals surface area contributed by atoms with Crippen molar-refractivity contribution < 1.29 is 5.11 Å². The summed E-state index contributed by atoms with van der Waals surface area (Å²) in [6.45, 7) is 0. The van der Waals surface area contributed by atoms with Crippen LogP contribution in [0, 0.1) is 0 Å². The SMILES string of the molecule is Cn1ncc(-c2ccccc2)c1O. The van der Waals surface area contributed by atoms with Gasteiger partial charge in [0.05, 0.1) is 11.8 Å². The van der Waals surface area contributed by atoms with Crippen molar-refractivity contribution in [1.82, 2.24) is 9.78 Å². The molecule has 13 heavy (non-hydrogen) atoms. The van der Waals surface area contributed by atoms with E-state index in [1.807, 2.05) is 30.3 Å². The van der Waals surface area contributed by atoms with Crippen LogP contribution in [0.5, 0.6) is 5.88 Å². The molecule has 0 aliphatic heterocycles. The van der Waals surface area contributed by atoms with Crippen molar-refractivity contribution >= 4 is 0 Å². The Morgan fingerprint density at radius 2 is 1.92 bits per heavy atom. The summed E-state index contributed by atoms with van der Waals surface area (Å²) in [4.78, 5) is 0. The Kier molecular flexibility index (Phi) is 1.77. The fourth-order valence-electron chi connectivity index (χ4n) is 1.25. The molecule has 0 spiro atoms. The quantitative estimate of drug-likeness (QED) is 0.715. The lowest BCUT2D eigenvalue weighted by atomic mass is 10.1. The van der Waals surface area contributed by atoms with Crippen LogP contribution in [-0.2, 0) is 7.05 Å². The van der Waals surface area contributed by atoms with Gasteiger partial charge in [-0.2, -0.15) is 5.10 Å². The molecule has 0 fully saturated rings. The van der Waals surface area contributed by atoms with E-state index >= 15 is 0 Å². The van der Waals surface area contributed by atoms with Gasteiger partial charge in [-0.05, 0) is 5.56 Å². The summed E-state index contributed by atoms with van der Waals surface area (Å²) >= 11 is 0. The fourth-order valence-corrected chi connectivity index (χ4v) is 1.25. The zero-order valence-electron chi connectivity index (χ0n) is 7.31. The normalized spacial score (nSPS) is 10.2. The molecule has 0 amide bonds. The van der Waals surface area contributed by atoms with E-state index in [0.29, 0.717) is 0 Å². The molecule has 1 N–H and O–H groups in total. The second-order valence-corrected chi connectivity index (χ2v) is 2.87. The van der Waals surface area contributed by atoms with Gasteiger partial charge in [0.25, 0.3) is 0 Å². The van der Waals surface area contributed by atoms with Gasteiger partial charge in [-0.25, -0.2) is 4.68 Å². The van der Waals surface area contributed by atoms with E-state index in [1.165, 1.54) is 4.68 Å². The largest absolute Gasteiger partial charge is 0.493 e. The molecular weight excluding hydrogens is 164 g/mol. The van der Waals surface area contributed by atoms with E-state index in [2.05, 4.69) is 5.10 Å². The van der Waals surface area contributed by atoms with E-state index < -0.39 is 0 Å². The summed E-state index contributed by atoms with van der Waals surface area (Å²) in [6.07, 6.45) is 1.66. The van der Waals surface area contributed by atoms with E-state index in [4.69, 9.17) is 0 Å². The highest BCUT2D eigenvalue weighted by molar-refractivity contribution is 5.67. The summed E-state index contributed by atoms with van der Waals surface area (Å²) in [5, 5.41) is 13.6. The topological polar surface area (TPSA) is 38.0 Å². The Morgan fingerprint density at radius 1 is 1.23 bits per heavy atom. The van der Waals surface area contributed by atoms with E-state index in [-0.39, 0.29) is 5.88 Å². The summed E-state index contributed by atoms with van der Waals surface area (Å²) in [5.74, 6) is 0.200. The van der Waals surface area contributed by atoms with Gasteiger partial charge < -0.3 is 5.11 Å². The number of aromatic nitrogens is 2. The number of nitrogens with zero attached hydrogens (tertiary/aromatic N) is 2. The van der Waals surface area contributed by atoms with Crippen molar-refractivity contribution in [3.05, 3.63) is 36.5 Å². The van der Waals surface area contributed by atoms with Crippen LogP contribution in [-0.4, -0.2) is 14.9 Å². The van der Waals surface area contributed by atoms with Crippen LogP contribution < -0.4 is 0 Å². The first-order valence-corrected chi connectivity index (χ1v) is 4.05. The van der Waals surface area contributed by atoms with Crippen LogP contribution >= 0.6 is 0 Å². The van der Waals surface area contributed by atoms with Crippen LogP contribution in [0.4, 0.5) is 0 Å². The first-order chi connectivity index (χ1) is 6.29. The molecule has 0 aliphatic carbocycles. The van der Waals surface area contributed by atoms with E-state index in [0.717, 1.165) is 11.1 Å². The zero-order chi connectivity index (χ0) is 9.26. The molecule has 0 unspecified atom stereocenters. The lowest BCUT2D eigenvalue weighted by molar-refractivity contribution is 0.421. The second kappa shape index (κ2) is 2.94. The lowest BCUT2D eigenvalue weighted by Gasteiger charge is -1.97. The predicted octanol–water partition coefficient (Wildman–Crippen LogP) is 1.79. The van der Waals surface area contributed by atoms with Crippen molar-refractivity contribution in [2.45, 2.75) is 0 Å². The van der Waals surface area contributed by atoms with Crippen molar-refractivity contribution in [1.29, 1.82) is 0 Å². The number of rotatable bonds is 1. The van der Waals surface area contributed by atoms with Crippen molar-refractivity contribution in [3.63, 3.8) is 0 Å². The summed E-state index contributed by atoms with van der Waals surface area (Å²) < 4.78 is 1.45. The van der Waals surface area contributed by atoms with Gasteiger partial charge in [0.2, 0.25) is 5.88 Å². The maximum absolute atomic E-state index is 9.59. The molecule has 3 nitrogen and oxygen atoms in total. The number of hydrogen-bond donors (Lipinski definition) is 1. The van der Waals surface area contributed by atoms with Crippen molar-refractivity contribution in [2.75, 3.05) is 0 Å². The highest BCUT2D eigenvalue weighted by Crippen LogP contribution is 2.27. The highest BCUT2D eigenvalue weighted by atomic mass is 16.3. The van der Waals surface area contributed by atoms with Gasteiger partial charge in [0, 0.05) is 7.05 Å². The first-order valence-electron chi connectivity index (χ1n) is 4.05. The maximum Gasteiger partial charge on any atom is 0.217 e. The number of aryl methyl sites for hydroxylation is 1. The number of benzene rings is 1. The summed E-state index contributed by atoms with van der Waals surface area (Å²) in [6, 6.07) is 9.69. The Balaban J connectivity index is 2.53. The van der Waals surface area contributed by atoms with E-state index in [9.17, 15) is 5.11 Å². The fraction of sp³-hybridized carbons (Fsp3) is 0.100. The van der Waals surface area contributed by atoms with Crippen LogP contribution in [0.2, 0.25) is 0 Å². The van der Waals surface area contributed by atoms with Gasteiger partial charge in [-0.1, -0.05) is 30.3 Å². The van der Waals surface area contributed by atoms with Gasteiger partial charge in [-0.15, -0.1) is 0 Å². The molecule has 0 aliphatic rings. The van der Waals surface area contributed by atoms with E-state index in [1.54, 1.807) is 13.2 Å². The summed E-state index contributed by atoms with van der Waals surface area (Å²) in [5.41, 5.74) is 1.75. The molecule has 1 heterocycles. The molecule has 3 heteroatoms. The standard InChI is InChI=1S/C10H10N2O/c1-12-10(13)9(7-11-12)8-5-3-2-4-6-8/h2-7,13H,1H3. The number of aromatic hydroxyl groups is 1. The Bertz CT molecular complexity index is 406. The second-order valence-electron chi connectivity index (χ2n) is 2.87. The Labute approximate surface area is 76.3 Å². The third kappa shape index (κ3) is 1.28. The zero-order valence-corrected chi connectivity index (χ0v) is 7.31. The average Bonchev–Trinajstić information content (AvgIpc) is 2.49. The van der Waals surface area contributed by atoms with Crippen LogP contribution in [0.25, 0.3) is 11.1 Å². The molecule has 0 saturated heterocycles. The van der Waals surface area contributed by atoms with Gasteiger partial charge in [0.15, 0.2) is 0 Å². The minimum Gasteiger partial charge on any atom is -0.493 e. The van der Waals surface area contributed by atoms with Crippen LogP contribution in [0.15, 0.2) is 36.5 Å². The molecule has 2 aromatic rings. The molecule has 66 valence electrons. The van der Waals surface area contributed by atoms with Crippen molar-refractivity contribution in [3.8, 4) is 17.0 Å². The molecule has 0 saturated carbocycles. The average molecular weight is 174 g/mol. The predicted molar refractivity (Wildman–Crippen MR) is 50.3 cm³/mol. The first kappa shape index (κ1) is 7.86. The van der Waals surface area contributed by atoms with Crippen LogP contribution in [0.3, 0.4) is 0 Å². The van der Waals surface area contributed by atoms with Crippen molar-refractivity contribution in [2.24, 2.45) is 7.05 Å². The third-order valence-corrected chi connectivity index (χ3v) is 1.99. The molecular formula is C10H10N2O. The summed E-state index contributed by atoms with van der Waals surface area (Å²) in [7, 11) is 1.71. The molecule has 0 bridgehead atoms. The Hall–Kier alpha value is -1.77. The Morgan fingerprint density at radius 3 is 2.46 bits per heavy atom. The minimum atomic E-state index is 0.200. The smallest absolute Gasteiger partial charge is 0.217 e. The molecule has 2 rings (SSSR count).